The van der Waals surface area contributed by atoms with Crippen LogP contribution in [-0.2, 0) is 15.9 Å². The van der Waals surface area contributed by atoms with Gasteiger partial charge >= 0.3 is 0 Å². The van der Waals surface area contributed by atoms with E-state index in [9.17, 15) is 0 Å². The zero-order chi connectivity index (χ0) is 14.4. The molecule has 1 aromatic rings. The van der Waals surface area contributed by atoms with Crippen molar-refractivity contribution in [1.29, 1.82) is 0 Å². The molecule has 2 unspecified atom stereocenters. The van der Waals surface area contributed by atoms with Gasteiger partial charge in [-0.3, -0.25) is 0 Å². The van der Waals surface area contributed by atoms with Gasteiger partial charge in [0, 0.05) is 18.5 Å². The molecule has 1 N–H and O–H groups in total. The number of aromatic nitrogens is 3. The molecule has 2 heterocycles. The highest BCUT2D eigenvalue weighted by molar-refractivity contribution is 4.94. The van der Waals surface area contributed by atoms with Gasteiger partial charge in [-0.2, -0.15) is 5.10 Å². The Morgan fingerprint density at radius 1 is 1.45 bits per heavy atom. The summed E-state index contributed by atoms with van der Waals surface area (Å²) in [5.41, 5.74) is 0. The van der Waals surface area contributed by atoms with Gasteiger partial charge in [-0.05, 0) is 26.8 Å². The fourth-order valence-electron chi connectivity index (χ4n) is 2.45. The first-order valence-corrected chi connectivity index (χ1v) is 7.53. The lowest BCUT2D eigenvalue weighted by Gasteiger charge is -2.31. The smallest absolute Gasteiger partial charge is 0.138 e. The van der Waals surface area contributed by atoms with Crippen molar-refractivity contribution in [2.75, 3.05) is 26.4 Å². The highest BCUT2D eigenvalue weighted by Gasteiger charge is 2.26. The Balaban J connectivity index is 2.03. The van der Waals surface area contributed by atoms with Crippen LogP contribution < -0.4 is 5.32 Å². The number of nitrogens with one attached hydrogen (secondary N) is 1. The molecule has 0 radical (unpaired) electrons. The molecule has 1 aliphatic rings. The van der Waals surface area contributed by atoms with Crippen LogP contribution in [0.2, 0.25) is 0 Å². The van der Waals surface area contributed by atoms with E-state index in [1.54, 1.807) is 6.33 Å². The van der Waals surface area contributed by atoms with Crippen molar-refractivity contribution < 1.29 is 9.47 Å². The predicted octanol–water partition coefficient (Wildman–Crippen LogP) is 1.19. The minimum absolute atomic E-state index is 0.0904. The molecular weight excluding hydrogens is 256 g/mol. The summed E-state index contributed by atoms with van der Waals surface area (Å²) in [5.74, 6) is 1.00. The van der Waals surface area contributed by atoms with E-state index in [-0.39, 0.29) is 12.1 Å². The van der Waals surface area contributed by atoms with Crippen molar-refractivity contribution in [2.45, 2.75) is 51.8 Å². The van der Waals surface area contributed by atoms with Crippen LogP contribution >= 0.6 is 0 Å². The van der Waals surface area contributed by atoms with Gasteiger partial charge < -0.3 is 14.8 Å². The largest absolute Gasteiger partial charge is 0.376 e. The fraction of sp³-hybridized carbons (Fsp3) is 0.857. The summed E-state index contributed by atoms with van der Waals surface area (Å²) in [6.07, 6.45) is 3.63. The van der Waals surface area contributed by atoms with Gasteiger partial charge in [0.2, 0.25) is 0 Å². The maximum absolute atomic E-state index is 5.84. The average molecular weight is 282 g/mol. The Hall–Kier alpha value is -0.980. The monoisotopic (exact) mass is 282 g/mol. The lowest BCUT2D eigenvalue weighted by molar-refractivity contribution is -0.101. The Morgan fingerprint density at radius 3 is 2.95 bits per heavy atom. The van der Waals surface area contributed by atoms with Crippen LogP contribution in [0.3, 0.4) is 0 Å². The summed E-state index contributed by atoms with van der Waals surface area (Å²) < 4.78 is 13.3. The van der Waals surface area contributed by atoms with E-state index in [4.69, 9.17) is 9.47 Å². The third kappa shape index (κ3) is 4.01. The van der Waals surface area contributed by atoms with E-state index < -0.39 is 0 Å². The summed E-state index contributed by atoms with van der Waals surface area (Å²) >= 11 is 0. The number of hydrogen-bond donors (Lipinski definition) is 1. The van der Waals surface area contributed by atoms with Gasteiger partial charge in [0.1, 0.15) is 12.2 Å². The molecule has 6 nitrogen and oxygen atoms in total. The molecule has 0 saturated carbocycles. The molecule has 0 spiro atoms. The first-order valence-electron chi connectivity index (χ1n) is 7.53. The minimum Gasteiger partial charge on any atom is -0.376 e. The van der Waals surface area contributed by atoms with E-state index in [1.807, 2.05) is 4.68 Å². The van der Waals surface area contributed by atoms with Crippen molar-refractivity contribution in [3.05, 3.63) is 12.2 Å². The molecule has 0 aromatic carbocycles. The van der Waals surface area contributed by atoms with E-state index >= 15 is 0 Å². The van der Waals surface area contributed by atoms with E-state index in [0.29, 0.717) is 25.9 Å². The molecule has 20 heavy (non-hydrogen) atoms. The van der Waals surface area contributed by atoms with Crippen LogP contribution in [0.25, 0.3) is 0 Å². The van der Waals surface area contributed by atoms with Crippen LogP contribution in [0.15, 0.2) is 6.33 Å². The summed E-state index contributed by atoms with van der Waals surface area (Å²) in [4.78, 5) is 4.40. The third-order valence-electron chi connectivity index (χ3n) is 3.49. The van der Waals surface area contributed by atoms with Crippen LogP contribution in [-0.4, -0.2) is 53.3 Å². The van der Waals surface area contributed by atoms with Crippen molar-refractivity contribution in [1.82, 2.24) is 20.1 Å². The maximum Gasteiger partial charge on any atom is 0.138 e. The van der Waals surface area contributed by atoms with Crippen LogP contribution in [0.4, 0.5) is 0 Å². The summed E-state index contributed by atoms with van der Waals surface area (Å²) in [6.45, 7) is 9.39. The molecule has 0 amide bonds. The van der Waals surface area contributed by atoms with Crippen molar-refractivity contribution in [3.8, 4) is 0 Å². The van der Waals surface area contributed by atoms with E-state index in [0.717, 1.165) is 25.2 Å². The SMILES string of the molecule is CCCNC(Cc1ncnn1C(C)C)C1COCCO1. The molecule has 1 aliphatic heterocycles. The second kappa shape index (κ2) is 7.71. The highest BCUT2D eigenvalue weighted by Crippen LogP contribution is 2.13. The number of hydrogen-bond acceptors (Lipinski definition) is 5. The molecule has 0 aliphatic carbocycles. The summed E-state index contributed by atoms with van der Waals surface area (Å²) in [5, 5.41) is 7.86. The predicted molar refractivity (Wildman–Crippen MR) is 76.8 cm³/mol. The van der Waals surface area contributed by atoms with Crippen molar-refractivity contribution in [3.63, 3.8) is 0 Å². The molecule has 2 atom stereocenters. The maximum atomic E-state index is 5.84. The Morgan fingerprint density at radius 2 is 2.30 bits per heavy atom. The molecule has 1 aromatic heterocycles. The quantitative estimate of drug-likeness (QED) is 0.814. The van der Waals surface area contributed by atoms with Gasteiger partial charge in [-0.25, -0.2) is 9.67 Å². The van der Waals surface area contributed by atoms with Crippen molar-refractivity contribution >= 4 is 0 Å². The number of rotatable bonds is 7. The van der Waals surface area contributed by atoms with Gasteiger partial charge in [0.25, 0.3) is 0 Å². The van der Waals surface area contributed by atoms with Crippen LogP contribution in [0.1, 0.15) is 39.1 Å². The number of ether oxygens (including phenoxy) is 2. The Kier molecular flexibility index (Phi) is 5.94. The Bertz CT molecular complexity index is 388. The fourth-order valence-corrected chi connectivity index (χ4v) is 2.45. The zero-order valence-electron chi connectivity index (χ0n) is 12.7. The van der Waals surface area contributed by atoms with Crippen LogP contribution in [0, 0.1) is 0 Å². The molecule has 0 bridgehead atoms. The van der Waals surface area contributed by atoms with E-state index in [1.165, 1.54) is 0 Å². The molecule has 114 valence electrons. The average Bonchev–Trinajstić information content (AvgIpc) is 2.92. The lowest BCUT2D eigenvalue weighted by Crippen LogP contribution is -2.48. The minimum atomic E-state index is 0.0904. The third-order valence-corrected chi connectivity index (χ3v) is 3.49. The normalized spacial score (nSPS) is 21.3. The van der Waals surface area contributed by atoms with Gasteiger partial charge in [-0.1, -0.05) is 6.92 Å². The standard InChI is InChI=1S/C14H26N4O2/c1-4-5-15-12(13-9-19-6-7-20-13)8-14-16-10-17-18(14)11(2)3/h10-13,15H,4-9H2,1-3H3. The molecule has 1 saturated heterocycles. The molecular formula is C14H26N4O2. The van der Waals surface area contributed by atoms with Crippen molar-refractivity contribution in [2.24, 2.45) is 0 Å². The van der Waals surface area contributed by atoms with Gasteiger partial charge in [0.15, 0.2) is 0 Å². The second-order valence-electron chi connectivity index (χ2n) is 5.46. The second-order valence-corrected chi connectivity index (χ2v) is 5.46. The van der Waals surface area contributed by atoms with Crippen LogP contribution in [0.5, 0.6) is 0 Å². The first kappa shape index (κ1) is 15.4. The number of nitrogens with zero attached hydrogens (tertiary/aromatic N) is 3. The van der Waals surface area contributed by atoms with Gasteiger partial charge in [0.05, 0.1) is 25.9 Å². The first-order chi connectivity index (χ1) is 9.72. The summed E-state index contributed by atoms with van der Waals surface area (Å²) in [6, 6.07) is 0.541. The highest BCUT2D eigenvalue weighted by atomic mass is 16.6. The topological polar surface area (TPSA) is 61.2 Å². The molecule has 2 rings (SSSR count). The zero-order valence-corrected chi connectivity index (χ0v) is 12.7. The lowest BCUT2D eigenvalue weighted by atomic mass is 10.1. The van der Waals surface area contributed by atoms with E-state index in [2.05, 4.69) is 36.2 Å². The summed E-state index contributed by atoms with van der Waals surface area (Å²) in [7, 11) is 0. The van der Waals surface area contributed by atoms with Gasteiger partial charge in [-0.15, -0.1) is 0 Å². The Labute approximate surface area is 120 Å². The molecule has 6 heteroatoms. The molecule has 1 fully saturated rings.